The van der Waals surface area contributed by atoms with Crippen molar-refractivity contribution in [3.63, 3.8) is 0 Å². The van der Waals surface area contributed by atoms with Crippen molar-refractivity contribution in [2.24, 2.45) is 5.14 Å². The number of carbonyl (C=O) groups excluding carboxylic acids is 1. The minimum atomic E-state index is -3.91. The molecule has 0 aliphatic heterocycles. The van der Waals surface area contributed by atoms with Crippen molar-refractivity contribution in [1.82, 2.24) is 0 Å². The van der Waals surface area contributed by atoms with Crippen molar-refractivity contribution in [2.45, 2.75) is 25.7 Å². The highest BCUT2D eigenvalue weighted by atomic mass is 32.2. The van der Waals surface area contributed by atoms with Crippen molar-refractivity contribution >= 4 is 21.6 Å². The van der Waals surface area contributed by atoms with E-state index in [0.29, 0.717) is 29.2 Å². The molecular formula is C17H20N2O4S. The number of primary sulfonamides is 1. The van der Waals surface area contributed by atoms with Crippen LogP contribution in [-0.4, -0.2) is 20.9 Å². The van der Waals surface area contributed by atoms with Crippen molar-refractivity contribution in [3.05, 3.63) is 53.1 Å². The van der Waals surface area contributed by atoms with Gasteiger partial charge in [-0.15, -0.1) is 0 Å². The number of benzene rings is 2. The topological polar surface area (TPSA) is 98.5 Å². The lowest BCUT2D eigenvalue weighted by Gasteiger charge is -2.13. The summed E-state index contributed by atoms with van der Waals surface area (Å²) < 4.78 is 28.9. The van der Waals surface area contributed by atoms with Gasteiger partial charge < -0.3 is 10.1 Å². The number of para-hydroxylation sites is 2. The van der Waals surface area contributed by atoms with Crippen molar-refractivity contribution < 1.29 is 17.9 Å². The predicted octanol–water partition coefficient (Wildman–Crippen LogP) is 2.60. The van der Waals surface area contributed by atoms with Gasteiger partial charge in [0.1, 0.15) is 5.75 Å². The summed E-state index contributed by atoms with van der Waals surface area (Å²) in [6.45, 7) is 5.70. The van der Waals surface area contributed by atoms with Gasteiger partial charge in [-0.1, -0.05) is 12.1 Å². The number of anilines is 1. The van der Waals surface area contributed by atoms with Gasteiger partial charge in [-0.2, -0.15) is 0 Å². The number of rotatable bonds is 5. The summed E-state index contributed by atoms with van der Waals surface area (Å²) in [5, 5.41) is 7.97. The normalized spacial score (nSPS) is 11.2. The van der Waals surface area contributed by atoms with Gasteiger partial charge in [0.25, 0.3) is 5.91 Å². The number of nitrogens with two attached hydrogens (primary N) is 1. The molecule has 3 N–H and O–H groups in total. The molecule has 2 aromatic rings. The largest absolute Gasteiger partial charge is 0.492 e. The second kappa shape index (κ2) is 7.02. The van der Waals surface area contributed by atoms with Crippen molar-refractivity contribution in [2.75, 3.05) is 11.9 Å². The molecule has 0 radical (unpaired) electrons. The second-order valence-corrected chi connectivity index (χ2v) is 6.87. The van der Waals surface area contributed by atoms with Crippen LogP contribution in [0.1, 0.15) is 28.4 Å². The molecule has 0 aliphatic rings. The highest BCUT2D eigenvalue weighted by molar-refractivity contribution is 7.89. The van der Waals surface area contributed by atoms with Gasteiger partial charge in [0.2, 0.25) is 10.0 Å². The molecule has 2 aromatic carbocycles. The zero-order chi connectivity index (χ0) is 17.9. The van der Waals surface area contributed by atoms with Gasteiger partial charge in [0.05, 0.1) is 17.2 Å². The maximum Gasteiger partial charge on any atom is 0.255 e. The number of carbonyl (C=O) groups is 1. The molecule has 0 saturated heterocycles. The highest BCUT2D eigenvalue weighted by Gasteiger charge is 2.18. The number of hydrogen-bond acceptors (Lipinski definition) is 4. The average Bonchev–Trinajstić information content (AvgIpc) is 2.50. The van der Waals surface area contributed by atoms with Crippen LogP contribution in [0.4, 0.5) is 5.69 Å². The van der Waals surface area contributed by atoms with Crippen LogP contribution in [0.25, 0.3) is 0 Å². The van der Waals surface area contributed by atoms with Crippen LogP contribution >= 0.6 is 0 Å². The molecule has 7 heteroatoms. The molecule has 0 aromatic heterocycles. The van der Waals surface area contributed by atoms with Gasteiger partial charge in [0.15, 0.2) is 0 Å². The smallest absolute Gasteiger partial charge is 0.255 e. The molecule has 2 rings (SSSR count). The monoisotopic (exact) mass is 348 g/mol. The third-order valence-electron chi connectivity index (χ3n) is 3.62. The van der Waals surface area contributed by atoms with E-state index in [9.17, 15) is 13.2 Å². The Balaban J connectivity index is 2.40. The predicted molar refractivity (Wildman–Crippen MR) is 92.9 cm³/mol. The number of amides is 1. The number of hydrogen-bond donors (Lipinski definition) is 2. The van der Waals surface area contributed by atoms with E-state index in [1.807, 2.05) is 6.92 Å². The molecule has 24 heavy (non-hydrogen) atoms. The van der Waals surface area contributed by atoms with Gasteiger partial charge in [-0.25, -0.2) is 13.6 Å². The molecule has 128 valence electrons. The Morgan fingerprint density at radius 3 is 2.50 bits per heavy atom. The lowest BCUT2D eigenvalue weighted by Crippen LogP contribution is -2.18. The Morgan fingerprint density at radius 2 is 1.88 bits per heavy atom. The fourth-order valence-electron chi connectivity index (χ4n) is 2.30. The molecule has 0 aliphatic carbocycles. The van der Waals surface area contributed by atoms with E-state index in [4.69, 9.17) is 9.88 Å². The Kier molecular flexibility index (Phi) is 5.26. The summed E-state index contributed by atoms with van der Waals surface area (Å²) in [5.74, 6) is 0.110. The standard InChI is InChI=1S/C17H20N2O4S/c1-4-23-15-8-6-5-7-14(15)19-17(20)13-9-11(2)12(3)16(10-13)24(18,21)22/h5-10H,4H2,1-3H3,(H,19,20)(H2,18,21,22). The zero-order valence-electron chi connectivity index (χ0n) is 13.8. The molecule has 0 atom stereocenters. The summed E-state index contributed by atoms with van der Waals surface area (Å²) >= 11 is 0. The van der Waals surface area contributed by atoms with Crippen LogP contribution in [-0.2, 0) is 10.0 Å². The lowest BCUT2D eigenvalue weighted by atomic mass is 10.1. The molecule has 1 amide bonds. The van der Waals surface area contributed by atoms with E-state index < -0.39 is 15.9 Å². The molecule has 0 bridgehead atoms. The summed E-state index contributed by atoms with van der Waals surface area (Å²) in [6, 6.07) is 9.95. The summed E-state index contributed by atoms with van der Waals surface area (Å²) in [6.07, 6.45) is 0. The fraction of sp³-hybridized carbons (Fsp3) is 0.235. The third-order valence-corrected chi connectivity index (χ3v) is 4.66. The first-order valence-electron chi connectivity index (χ1n) is 7.41. The first-order valence-corrected chi connectivity index (χ1v) is 8.96. The minimum Gasteiger partial charge on any atom is -0.492 e. The van der Waals surface area contributed by atoms with Crippen LogP contribution in [0.5, 0.6) is 5.75 Å². The van der Waals surface area contributed by atoms with Crippen LogP contribution in [0.15, 0.2) is 41.3 Å². The Morgan fingerprint density at radius 1 is 1.21 bits per heavy atom. The van der Waals surface area contributed by atoms with Crippen LogP contribution in [0.3, 0.4) is 0 Å². The number of nitrogens with one attached hydrogen (secondary N) is 1. The number of ether oxygens (including phenoxy) is 1. The maximum absolute atomic E-state index is 12.5. The van der Waals surface area contributed by atoms with Crippen LogP contribution in [0, 0.1) is 13.8 Å². The number of aryl methyl sites for hydroxylation is 1. The van der Waals surface area contributed by atoms with Crippen LogP contribution in [0.2, 0.25) is 0 Å². The maximum atomic E-state index is 12.5. The van der Waals surface area contributed by atoms with Gasteiger partial charge in [-0.05, 0) is 56.2 Å². The lowest BCUT2D eigenvalue weighted by molar-refractivity contribution is 0.102. The quantitative estimate of drug-likeness (QED) is 0.867. The van der Waals surface area contributed by atoms with E-state index in [1.165, 1.54) is 6.07 Å². The van der Waals surface area contributed by atoms with E-state index in [1.54, 1.807) is 44.2 Å². The van der Waals surface area contributed by atoms with Crippen molar-refractivity contribution in [1.29, 1.82) is 0 Å². The molecule has 0 saturated carbocycles. The molecule has 0 heterocycles. The molecule has 0 fully saturated rings. The number of sulfonamides is 1. The average molecular weight is 348 g/mol. The first-order chi connectivity index (χ1) is 11.2. The molecule has 6 nitrogen and oxygen atoms in total. The van der Waals surface area contributed by atoms with E-state index in [-0.39, 0.29) is 10.5 Å². The molecule has 0 unspecified atom stereocenters. The van der Waals surface area contributed by atoms with Gasteiger partial charge in [0, 0.05) is 5.56 Å². The first kappa shape index (κ1) is 18.0. The fourth-order valence-corrected chi connectivity index (χ4v) is 3.18. The Hall–Kier alpha value is -2.38. The third kappa shape index (κ3) is 3.93. The summed E-state index contributed by atoms with van der Waals surface area (Å²) in [5.41, 5.74) is 1.93. The Labute approximate surface area is 141 Å². The molecular weight excluding hydrogens is 328 g/mol. The SMILES string of the molecule is CCOc1ccccc1NC(=O)c1cc(C)c(C)c(S(N)(=O)=O)c1. The molecule has 0 spiro atoms. The van der Waals surface area contributed by atoms with E-state index >= 15 is 0 Å². The van der Waals surface area contributed by atoms with Crippen molar-refractivity contribution in [3.8, 4) is 5.75 Å². The van der Waals surface area contributed by atoms with Gasteiger partial charge in [-0.3, -0.25) is 4.79 Å². The highest BCUT2D eigenvalue weighted by Crippen LogP contribution is 2.25. The minimum absolute atomic E-state index is 0.0502. The summed E-state index contributed by atoms with van der Waals surface area (Å²) in [7, 11) is -3.91. The Bertz CT molecular complexity index is 876. The van der Waals surface area contributed by atoms with Gasteiger partial charge >= 0.3 is 0 Å². The zero-order valence-corrected chi connectivity index (χ0v) is 14.6. The summed E-state index contributed by atoms with van der Waals surface area (Å²) in [4.78, 5) is 12.5. The van der Waals surface area contributed by atoms with E-state index in [2.05, 4.69) is 5.32 Å². The van der Waals surface area contributed by atoms with Crippen LogP contribution < -0.4 is 15.2 Å². The second-order valence-electron chi connectivity index (χ2n) is 5.34. The van der Waals surface area contributed by atoms with E-state index in [0.717, 1.165) is 0 Å².